The Morgan fingerprint density at radius 3 is 2.37 bits per heavy atom. The molecule has 0 aliphatic heterocycles. The number of hydrogen-bond donors (Lipinski definition) is 1. The number of carbonyl (C=O) groups excluding carboxylic acids is 1. The third-order valence-electron chi connectivity index (χ3n) is 4.55. The fourth-order valence-corrected chi connectivity index (χ4v) is 2.83. The zero-order chi connectivity index (χ0) is 19.7. The van der Waals surface area contributed by atoms with Crippen molar-refractivity contribution in [2.75, 3.05) is 19.5 Å². The van der Waals surface area contributed by atoms with Crippen LogP contribution in [0.5, 0.6) is 11.5 Å². The second kappa shape index (κ2) is 7.11. The highest BCUT2D eigenvalue weighted by atomic mass is 16.5. The van der Waals surface area contributed by atoms with E-state index in [9.17, 15) is 9.59 Å². The molecule has 3 rings (SSSR count). The van der Waals surface area contributed by atoms with Gasteiger partial charge in [-0.3, -0.25) is 9.59 Å². The van der Waals surface area contributed by atoms with Gasteiger partial charge in [0.25, 0.3) is 11.5 Å². The van der Waals surface area contributed by atoms with E-state index in [1.807, 2.05) is 26.0 Å². The minimum absolute atomic E-state index is 0.164. The third-order valence-corrected chi connectivity index (χ3v) is 4.55. The van der Waals surface area contributed by atoms with Gasteiger partial charge in [-0.05, 0) is 49.2 Å². The molecule has 0 bridgehead atoms. The number of rotatable bonds is 4. The molecular weight excluding hydrogens is 346 g/mol. The molecule has 1 aromatic heterocycles. The molecule has 0 saturated heterocycles. The van der Waals surface area contributed by atoms with E-state index >= 15 is 0 Å². The van der Waals surface area contributed by atoms with Crippen molar-refractivity contribution in [3.63, 3.8) is 0 Å². The summed E-state index contributed by atoms with van der Waals surface area (Å²) in [6, 6.07) is 8.73. The van der Waals surface area contributed by atoms with Gasteiger partial charge in [0.05, 0.1) is 25.3 Å². The third kappa shape index (κ3) is 3.36. The van der Waals surface area contributed by atoms with Gasteiger partial charge in [-0.25, -0.2) is 4.98 Å². The molecule has 1 heterocycles. The molecule has 0 saturated carbocycles. The topological polar surface area (TPSA) is 82.5 Å². The largest absolute Gasteiger partial charge is 0.493 e. The number of anilines is 1. The summed E-state index contributed by atoms with van der Waals surface area (Å²) in [5, 5.41) is 2.69. The second-order valence-electron chi connectivity index (χ2n) is 6.27. The van der Waals surface area contributed by atoms with E-state index in [2.05, 4.69) is 10.3 Å². The molecule has 7 nitrogen and oxygen atoms in total. The number of ether oxygens (including phenoxy) is 2. The van der Waals surface area contributed by atoms with Crippen molar-refractivity contribution in [2.24, 2.45) is 7.05 Å². The van der Waals surface area contributed by atoms with Crippen LogP contribution in [0.3, 0.4) is 0 Å². The summed E-state index contributed by atoms with van der Waals surface area (Å²) in [5.74, 6) is 0.435. The van der Waals surface area contributed by atoms with E-state index in [0.717, 1.165) is 11.1 Å². The molecule has 140 valence electrons. The number of nitrogens with one attached hydrogen (secondary N) is 1. The molecule has 1 N–H and O–H groups in total. The van der Waals surface area contributed by atoms with Crippen LogP contribution < -0.4 is 20.3 Å². The standard InChI is InChI=1S/C20H21N3O4/c1-11-8-14-15(9-12(11)2)23(3)20(25)18(22-14)19(24)21-13-6-7-16(26-4)17(10-13)27-5/h6-10H,1-5H3,(H,21,24). The highest BCUT2D eigenvalue weighted by Crippen LogP contribution is 2.29. The molecule has 0 spiro atoms. The van der Waals surface area contributed by atoms with Crippen LogP contribution in [0, 0.1) is 13.8 Å². The first-order chi connectivity index (χ1) is 12.8. The van der Waals surface area contributed by atoms with Crippen molar-refractivity contribution in [3.05, 3.63) is 57.5 Å². The lowest BCUT2D eigenvalue weighted by Gasteiger charge is -2.12. The normalized spacial score (nSPS) is 10.7. The fraction of sp³-hybridized carbons (Fsp3) is 0.250. The van der Waals surface area contributed by atoms with Crippen LogP contribution in [0.4, 0.5) is 5.69 Å². The van der Waals surface area contributed by atoms with Gasteiger partial charge in [0.2, 0.25) is 0 Å². The minimum atomic E-state index is -0.581. The van der Waals surface area contributed by atoms with Crippen LogP contribution in [0.25, 0.3) is 11.0 Å². The van der Waals surface area contributed by atoms with Crippen LogP contribution in [-0.2, 0) is 7.05 Å². The molecule has 27 heavy (non-hydrogen) atoms. The lowest BCUT2D eigenvalue weighted by Crippen LogP contribution is -2.29. The van der Waals surface area contributed by atoms with Gasteiger partial charge in [0, 0.05) is 18.8 Å². The first kappa shape index (κ1) is 18.4. The molecule has 0 unspecified atom stereocenters. The number of amides is 1. The van der Waals surface area contributed by atoms with E-state index in [1.165, 1.54) is 18.8 Å². The minimum Gasteiger partial charge on any atom is -0.493 e. The molecule has 0 radical (unpaired) electrons. The van der Waals surface area contributed by atoms with E-state index < -0.39 is 11.5 Å². The maximum absolute atomic E-state index is 12.7. The van der Waals surface area contributed by atoms with Crippen molar-refractivity contribution in [3.8, 4) is 11.5 Å². The Morgan fingerprint density at radius 2 is 1.70 bits per heavy atom. The van der Waals surface area contributed by atoms with Gasteiger partial charge in [-0.15, -0.1) is 0 Å². The summed E-state index contributed by atoms with van der Waals surface area (Å²) < 4.78 is 11.9. The molecule has 0 atom stereocenters. The number of benzene rings is 2. The zero-order valence-electron chi connectivity index (χ0n) is 15.9. The summed E-state index contributed by atoms with van der Waals surface area (Å²) in [6.45, 7) is 3.93. The van der Waals surface area contributed by atoms with Gasteiger partial charge in [0.15, 0.2) is 17.2 Å². The lowest BCUT2D eigenvalue weighted by atomic mass is 10.1. The van der Waals surface area contributed by atoms with Crippen molar-refractivity contribution >= 4 is 22.6 Å². The molecular formula is C20H21N3O4. The Bertz CT molecular complexity index is 1100. The van der Waals surface area contributed by atoms with Crippen LogP contribution in [0.1, 0.15) is 21.6 Å². The van der Waals surface area contributed by atoms with Crippen LogP contribution in [0.2, 0.25) is 0 Å². The lowest BCUT2D eigenvalue weighted by molar-refractivity contribution is 0.102. The van der Waals surface area contributed by atoms with E-state index in [0.29, 0.717) is 28.2 Å². The summed E-state index contributed by atoms with van der Waals surface area (Å²) in [5.41, 5.74) is 3.23. The zero-order valence-corrected chi connectivity index (χ0v) is 15.9. The molecule has 7 heteroatoms. The average molecular weight is 367 g/mol. The first-order valence-electron chi connectivity index (χ1n) is 8.37. The van der Waals surface area contributed by atoms with Crippen LogP contribution in [0.15, 0.2) is 35.1 Å². The van der Waals surface area contributed by atoms with Gasteiger partial charge in [0.1, 0.15) is 0 Å². The first-order valence-corrected chi connectivity index (χ1v) is 8.37. The summed E-state index contributed by atoms with van der Waals surface area (Å²) in [4.78, 5) is 29.6. The molecule has 2 aromatic carbocycles. The van der Waals surface area contributed by atoms with Crippen molar-refractivity contribution in [1.29, 1.82) is 0 Å². The molecule has 0 aliphatic rings. The number of methoxy groups -OCH3 is 2. The van der Waals surface area contributed by atoms with Crippen molar-refractivity contribution < 1.29 is 14.3 Å². The molecule has 0 fully saturated rings. The van der Waals surface area contributed by atoms with Crippen molar-refractivity contribution in [1.82, 2.24) is 9.55 Å². The van der Waals surface area contributed by atoms with E-state index in [-0.39, 0.29) is 5.69 Å². The Kier molecular flexibility index (Phi) is 4.85. The van der Waals surface area contributed by atoms with Crippen LogP contribution >= 0.6 is 0 Å². The Hall–Kier alpha value is -3.35. The highest BCUT2D eigenvalue weighted by molar-refractivity contribution is 6.03. The fourth-order valence-electron chi connectivity index (χ4n) is 2.83. The maximum Gasteiger partial charge on any atom is 0.282 e. The van der Waals surface area contributed by atoms with E-state index in [1.54, 1.807) is 25.2 Å². The molecule has 1 amide bonds. The summed E-state index contributed by atoms with van der Waals surface area (Å²) in [7, 11) is 4.67. The Labute approximate surface area is 156 Å². The van der Waals surface area contributed by atoms with Gasteiger partial charge in [-0.1, -0.05) is 0 Å². The number of fused-ring (bicyclic) bond motifs is 1. The van der Waals surface area contributed by atoms with Crippen LogP contribution in [-0.4, -0.2) is 29.7 Å². The average Bonchev–Trinajstić information content (AvgIpc) is 2.66. The van der Waals surface area contributed by atoms with E-state index in [4.69, 9.17) is 9.47 Å². The summed E-state index contributed by atoms with van der Waals surface area (Å²) in [6.07, 6.45) is 0. The smallest absolute Gasteiger partial charge is 0.282 e. The Balaban J connectivity index is 2.02. The van der Waals surface area contributed by atoms with Gasteiger partial charge in [-0.2, -0.15) is 0 Å². The molecule has 3 aromatic rings. The van der Waals surface area contributed by atoms with Gasteiger partial charge < -0.3 is 19.4 Å². The summed E-state index contributed by atoms with van der Waals surface area (Å²) >= 11 is 0. The predicted octanol–water partition coefficient (Wildman–Crippen LogP) is 2.82. The SMILES string of the molecule is COc1ccc(NC(=O)c2nc3cc(C)c(C)cc3n(C)c2=O)cc1OC. The maximum atomic E-state index is 12.7. The van der Waals surface area contributed by atoms with Gasteiger partial charge >= 0.3 is 0 Å². The number of aryl methyl sites for hydroxylation is 3. The Morgan fingerprint density at radius 1 is 1.04 bits per heavy atom. The number of nitrogens with zero attached hydrogens (tertiary/aromatic N) is 2. The number of carbonyl (C=O) groups is 1. The number of aromatic nitrogens is 2. The van der Waals surface area contributed by atoms with Crippen molar-refractivity contribution in [2.45, 2.75) is 13.8 Å². The number of hydrogen-bond acceptors (Lipinski definition) is 5. The quantitative estimate of drug-likeness (QED) is 0.767. The second-order valence-corrected chi connectivity index (χ2v) is 6.27. The predicted molar refractivity (Wildman–Crippen MR) is 104 cm³/mol. The highest BCUT2D eigenvalue weighted by Gasteiger charge is 2.17. The monoisotopic (exact) mass is 367 g/mol. The molecule has 0 aliphatic carbocycles.